The molecule has 224 valence electrons. The maximum Gasteiger partial charge on any atom is 0.408 e. The minimum atomic E-state index is -4.44. The highest BCUT2D eigenvalue weighted by atomic mass is 35.5. The van der Waals surface area contributed by atoms with Crippen molar-refractivity contribution < 1.29 is 45.1 Å². The molecule has 1 aliphatic heterocycles. The number of carbonyl (C=O) groups is 3. The monoisotopic (exact) mass is 621 g/mol. The topological polar surface area (TPSA) is 122 Å². The van der Waals surface area contributed by atoms with E-state index in [0.717, 1.165) is 11.0 Å². The molecule has 15 heteroatoms. The molecule has 0 saturated carbocycles. The van der Waals surface area contributed by atoms with Crippen LogP contribution in [0.3, 0.4) is 0 Å². The van der Waals surface area contributed by atoms with Crippen molar-refractivity contribution in [3.05, 3.63) is 58.4 Å². The van der Waals surface area contributed by atoms with Crippen LogP contribution in [0.25, 0.3) is 0 Å². The van der Waals surface area contributed by atoms with E-state index in [4.69, 9.17) is 16.3 Å². The van der Waals surface area contributed by atoms with E-state index in [2.05, 4.69) is 10.6 Å². The SMILES string of the molecule is CC(C)(C)OC(=O)N[C@H]1CS(=O)(=O)c2cc(F)c(C(=O)NCCCC(F)(F)F)cc2N(Cc2ccc(Cl)cc2)C1=O. The second-order valence-electron chi connectivity index (χ2n) is 10.3. The van der Waals surface area contributed by atoms with E-state index in [1.54, 1.807) is 32.9 Å². The Balaban J connectivity index is 2.04. The summed E-state index contributed by atoms with van der Waals surface area (Å²) in [5.74, 6) is -4.19. The first-order valence-electron chi connectivity index (χ1n) is 12.3. The average molecular weight is 622 g/mol. The molecule has 41 heavy (non-hydrogen) atoms. The Labute approximate surface area is 239 Å². The summed E-state index contributed by atoms with van der Waals surface area (Å²) < 4.78 is 84.2. The van der Waals surface area contributed by atoms with Crippen LogP contribution < -0.4 is 15.5 Å². The third-order valence-corrected chi connectivity index (χ3v) is 7.76. The summed E-state index contributed by atoms with van der Waals surface area (Å²) in [5.41, 5.74) is -1.51. The molecule has 2 aromatic carbocycles. The molecule has 1 heterocycles. The molecule has 3 amide bonds. The van der Waals surface area contributed by atoms with E-state index < -0.39 is 87.0 Å². The maximum atomic E-state index is 15.1. The smallest absolute Gasteiger partial charge is 0.408 e. The van der Waals surface area contributed by atoms with Gasteiger partial charge in [-0.2, -0.15) is 13.2 Å². The molecule has 1 aliphatic rings. The van der Waals surface area contributed by atoms with Gasteiger partial charge in [0.15, 0.2) is 9.84 Å². The van der Waals surface area contributed by atoms with Crippen LogP contribution in [0.2, 0.25) is 5.02 Å². The van der Waals surface area contributed by atoms with Crippen LogP contribution in [0.1, 0.15) is 49.5 Å². The zero-order chi connectivity index (χ0) is 30.8. The van der Waals surface area contributed by atoms with E-state index in [9.17, 15) is 36.0 Å². The molecule has 2 aromatic rings. The summed E-state index contributed by atoms with van der Waals surface area (Å²) in [6.45, 7) is 4.02. The van der Waals surface area contributed by atoms with Crippen LogP contribution in [-0.2, 0) is 25.9 Å². The van der Waals surface area contributed by atoms with E-state index >= 15 is 4.39 Å². The standard InChI is InChI=1S/C26H28ClF4N3O6S/c1-25(2,3)40-24(37)33-19-14-41(38,39)21-12-18(28)17(22(35)32-10-4-9-26(29,30)31)11-20(21)34(23(19)36)13-15-5-7-16(27)8-6-15/h5-8,11-12,19H,4,9-10,13-14H2,1-3H3,(H,32,35)(H,33,37)/t19-/m0/s1. The van der Waals surface area contributed by atoms with Gasteiger partial charge in [-0.3, -0.25) is 9.59 Å². The van der Waals surface area contributed by atoms with Crippen LogP contribution >= 0.6 is 11.6 Å². The Bertz CT molecular complexity index is 1430. The second kappa shape index (κ2) is 12.2. The van der Waals surface area contributed by atoms with Crippen molar-refractivity contribution in [1.29, 1.82) is 0 Å². The van der Waals surface area contributed by atoms with Gasteiger partial charge in [0, 0.05) is 18.0 Å². The summed E-state index contributed by atoms with van der Waals surface area (Å²) >= 11 is 5.94. The van der Waals surface area contributed by atoms with Crippen LogP contribution in [0.5, 0.6) is 0 Å². The predicted molar refractivity (Wildman–Crippen MR) is 142 cm³/mol. The molecule has 0 aliphatic carbocycles. The lowest BCUT2D eigenvalue weighted by Crippen LogP contribution is -2.51. The van der Waals surface area contributed by atoms with Gasteiger partial charge in [-0.15, -0.1) is 0 Å². The minimum Gasteiger partial charge on any atom is -0.444 e. The van der Waals surface area contributed by atoms with Gasteiger partial charge >= 0.3 is 12.3 Å². The second-order valence-corrected chi connectivity index (χ2v) is 12.7. The molecule has 0 fully saturated rings. The van der Waals surface area contributed by atoms with Crippen LogP contribution in [0.4, 0.5) is 28.0 Å². The molecule has 0 unspecified atom stereocenters. The maximum absolute atomic E-state index is 15.1. The number of ether oxygens (including phenoxy) is 1. The number of nitrogens with one attached hydrogen (secondary N) is 2. The number of alkyl carbamates (subject to hydrolysis) is 1. The van der Waals surface area contributed by atoms with Crippen molar-refractivity contribution in [2.24, 2.45) is 0 Å². The summed E-state index contributed by atoms with van der Waals surface area (Å²) in [7, 11) is -4.43. The zero-order valence-corrected chi connectivity index (χ0v) is 23.8. The normalized spacial score (nSPS) is 16.9. The number of rotatable bonds is 7. The molecule has 0 spiro atoms. The minimum absolute atomic E-state index is 0.261. The largest absolute Gasteiger partial charge is 0.444 e. The first kappa shape index (κ1) is 32.1. The number of benzene rings is 2. The number of hydrogen-bond donors (Lipinski definition) is 2. The van der Waals surface area contributed by atoms with Crippen LogP contribution in [0.15, 0.2) is 41.3 Å². The molecular formula is C26H28ClF4N3O6S. The Hall–Kier alpha value is -3.39. The fourth-order valence-corrected chi connectivity index (χ4v) is 5.68. The van der Waals surface area contributed by atoms with Gasteiger partial charge in [-0.05, 0) is 57.0 Å². The summed E-state index contributed by atoms with van der Waals surface area (Å²) in [5, 5.41) is 4.82. The summed E-state index contributed by atoms with van der Waals surface area (Å²) in [4.78, 5) is 39.2. The van der Waals surface area contributed by atoms with Crippen molar-refractivity contribution >= 4 is 45.0 Å². The van der Waals surface area contributed by atoms with E-state index in [1.807, 2.05) is 0 Å². The highest BCUT2D eigenvalue weighted by Gasteiger charge is 2.40. The first-order valence-corrected chi connectivity index (χ1v) is 14.4. The van der Waals surface area contributed by atoms with Gasteiger partial charge in [0.2, 0.25) is 0 Å². The highest BCUT2D eigenvalue weighted by Crippen LogP contribution is 2.34. The molecule has 9 nitrogen and oxygen atoms in total. The van der Waals surface area contributed by atoms with Gasteiger partial charge in [0.25, 0.3) is 11.8 Å². The van der Waals surface area contributed by atoms with Gasteiger partial charge in [0.1, 0.15) is 17.5 Å². The lowest BCUT2D eigenvalue weighted by Gasteiger charge is -2.27. The predicted octanol–water partition coefficient (Wildman–Crippen LogP) is 4.77. The van der Waals surface area contributed by atoms with Crippen molar-refractivity contribution in [3.8, 4) is 0 Å². The van der Waals surface area contributed by atoms with Gasteiger partial charge < -0.3 is 20.3 Å². The number of amides is 3. The lowest BCUT2D eigenvalue weighted by molar-refractivity contribution is -0.135. The van der Waals surface area contributed by atoms with Gasteiger partial charge in [-0.25, -0.2) is 17.6 Å². The van der Waals surface area contributed by atoms with Crippen molar-refractivity contribution in [2.75, 3.05) is 17.2 Å². The number of alkyl halides is 3. The molecule has 0 radical (unpaired) electrons. The summed E-state index contributed by atoms with van der Waals surface area (Å²) in [6, 6.07) is 5.96. The molecule has 0 saturated heterocycles. The number of carbonyl (C=O) groups excluding carboxylic acids is 3. The Morgan fingerprint density at radius 2 is 1.76 bits per heavy atom. The number of fused-ring (bicyclic) bond motifs is 1. The summed E-state index contributed by atoms with van der Waals surface area (Å²) in [6.07, 6.45) is -7.14. The quantitative estimate of drug-likeness (QED) is 0.340. The van der Waals surface area contributed by atoms with Gasteiger partial charge in [-0.1, -0.05) is 23.7 Å². The van der Waals surface area contributed by atoms with E-state index in [1.165, 1.54) is 12.1 Å². The molecule has 2 N–H and O–H groups in total. The number of nitrogens with zero attached hydrogens (tertiary/aromatic N) is 1. The van der Waals surface area contributed by atoms with Crippen LogP contribution in [0, 0.1) is 5.82 Å². The zero-order valence-electron chi connectivity index (χ0n) is 22.3. The number of sulfone groups is 1. The third-order valence-electron chi connectivity index (χ3n) is 5.74. The van der Waals surface area contributed by atoms with E-state index in [0.29, 0.717) is 16.7 Å². The number of hydrogen-bond acceptors (Lipinski definition) is 6. The number of anilines is 1. The molecule has 3 rings (SSSR count). The lowest BCUT2D eigenvalue weighted by atomic mass is 10.1. The molecule has 0 bridgehead atoms. The average Bonchev–Trinajstić information content (AvgIpc) is 2.89. The van der Waals surface area contributed by atoms with Crippen LogP contribution in [-0.4, -0.2) is 56.4 Å². The van der Waals surface area contributed by atoms with E-state index in [-0.39, 0.29) is 12.2 Å². The Morgan fingerprint density at radius 3 is 2.34 bits per heavy atom. The fourth-order valence-electron chi connectivity index (χ4n) is 3.94. The molecule has 1 atom stereocenters. The highest BCUT2D eigenvalue weighted by molar-refractivity contribution is 7.91. The third kappa shape index (κ3) is 8.80. The van der Waals surface area contributed by atoms with Gasteiger partial charge in [0.05, 0.1) is 28.4 Å². The van der Waals surface area contributed by atoms with Crippen molar-refractivity contribution in [1.82, 2.24) is 10.6 Å². The Morgan fingerprint density at radius 1 is 1.12 bits per heavy atom. The fraction of sp³-hybridized carbons (Fsp3) is 0.423. The number of halogens is 5. The molecule has 0 aromatic heterocycles. The first-order chi connectivity index (χ1) is 18.9. The van der Waals surface area contributed by atoms with Crippen molar-refractivity contribution in [2.45, 2.75) is 62.9 Å². The Kier molecular flexibility index (Phi) is 9.58. The molecular weight excluding hydrogens is 594 g/mol. The van der Waals surface area contributed by atoms with Crippen molar-refractivity contribution in [3.63, 3.8) is 0 Å².